The van der Waals surface area contributed by atoms with Crippen molar-refractivity contribution in [1.29, 1.82) is 0 Å². The SMILES string of the molecule is COCCN(CCO)c1ccc(C)cc1CN. The van der Waals surface area contributed by atoms with Crippen molar-refractivity contribution in [3.63, 3.8) is 0 Å². The monoisotopic (exact) mass is 238 g/mol. The number of nitrogens with two attached hydrogens (primary N) is 1. The van der Waals surface area contributed by atoms with Crippen LogP contribution in [-0.4, -0.2) is 38.5 Å². The van der Waals surface area contributed by atoms with Gasteiger partial charge in [0.15, 0.2) is 0 Å². The van der Waals surface area contributed by atoms with Crippen LogP contribution in [0.5, 0.6) is 0 Å². The summed E-state index contributed by atoms with van der Waals surface area (Å²) in [7, 11) is 1.68. The van der Waals surface area contributed by atoms with E-state index in [1.165, 1.54) is 5.56 Å². The van der Waals surface area contributed by atoms with Gasteiger partial charge in [0.05, 0.1) is 13.2 Å². The Balaban J connectivity index is 2.91. The normalized spacial score (nSPS) is 10.6. The summed E-state index contributed by atoms with van der Waals surface area (Å²) in [6, 6.07) is 6.21. The molecule has 0 fully saturated rings. The van der Waals surface area contributed by atoms with Crippen LogP contribution in [0.2, 0.25) is 0 Å². The number of nitrogens with zero attached hydrogens (tertiary/aromatic N) is 1. The molecule has 0 amide bonds. The van der Waals surface area contributed by atoms with Crippen LogP contribution in [0.1, 0.15) is 11.1 Å². The molecule has 96 valence electrons. The van der Waals surface area contributed by atoms with Gasteiger partial charge in [-0.3, -0.25) is 0 Å². The lowest BCUT2D eigenvalue weighted by Crippen LogP contribution is -2.31. The van der Waals surface area contributed by atoms with Gasteiger partial charge < -0.3 is 20.5 Å². The lowest BCUT2D eigenvalue weighted by Gasteiger charge is -2.26. The smallest absolute Gasteiger partial charge is 0.0637 e. The van der Waals surface area contributed by atoms with Gasteiger partial charge in [0.2, 0.25) is 0 Å². The van der Waals surface area contributed by atoms with Crippen LogP contribution in [0, 0.1) is 6.92 Å². The molecule has 1 aromatic rings. The second kappa shape index (κ2) is 7.27. The van der Waals surface area contributed by atoms with Crippen molar-refractivity contribution in [2.45, 2.75) is 13.5 Å². The fourth-order valence-electron chi connectivity index (χ4n) is 1.86. The molecule has 4 nitrogen and oxygen atoms in total. The van der Waals surface area contributed by atoms with E-state index in [1.54, 1.807) is 7.11 Å². The van der Waals surface area contributed by atoms with Crippen molar-refractivity contribution in [2.24, 2.45) is 5.73 Å². The van der Waals surface area contributed by atoms with E-state index < -0.39 is 0 Å². The van der Waals surface area contributed by atoms with Crippen LogP contribution in [0.3, 0.4) is 0 Å². The number of ether oxygens (including phenoxy) is 1. The maximum Gasteiger partial charge on any atom is 0.0637 e. The summed E-state index contributed by atoms with van der Waals surface area (Å²) in [4.78, 5) is 2.10. The van der Waals surface area contributed by atoms with Gasteiger partial charge in [-0.05, 0) is 18.6 Å². The first-order chi connectivity index (χ1) is 8.22. The highest BCUT2D eigenvalue weighted by Gasteiger charge is 2.10. The number of anilines is 1. The second-order valence-corrected chi connectivity index (χ2v) is 4.04. The van der Waals surface area contributed by atoms with Crippen molar-refractivity contribution >= 4 is 5.69 Å². The third-order valence-corrected chi connectivity index (χ3v) is 2.73. The second-order valence-electron chi connectivity index (χ2n) is 4.04. The van der Waals surface area contributed by atoms with Crippen molar-refractivity contribution in [2.75, 3.05) is 38.3 Å². The van der Waals surface area contributed by atoms with E-state index in [2.05, 4.69) is 30.0 Å². The van der Waals surface area contributed by atoms with Crippen molar-refractivity contribution in [3.8, 4) is 0 Å². The molecule has 0 atom stereocenters. The highest BCUT2D eigenvalue weighted by Crippen LogP contribution is 2.21. The molecule has 17 heavy (non-hydrogen) atoms. The van der Waals surface area contributed by atoms with E-state index in [0.717, 1.165) is 17.8 Å². The lowest BCUT2D eigenvalue weighted by atomic mass is 10.1. The zero-order valence-corrected chi connectivity index (χ0v) is 10.6. The molecule has 0 unspecified atom stereocenters. The van der Waals surface area contributed by atoms with E-state index >= 15 is 0 Å². The molecule has 0 aliphatic rings. The van der Waals surface area contributed by atoms with Gasteiger partial charge >= 0.3 is 0 Å². The third kappa shape index (κ3) is 4.00. The first-order valence-corrected chi connectivity index (χ1v) is 5.87. The first-order valence-electron chi connectivity index (χ1n) is 5.87. The van der Waals surface area contributed by atoms with E-state index in [4.69, 9.17) is 15.6 Å². The summed E-state index contributed by atoms with van der Waals surface area (Å²) in [5.41, 5.74) is 9.15. The first kappa shape index (κ1) is 14.0. The topological polar surface area (TPSA) is 58.7 Å². The Kier molecular flexibility index (Phi) is 5.97. The molecule has 0 aliphatic carbocycles. The Hall–Kier alpha value is -1.10. The molecule has 3 N–H and O–H groups in total. The van der Waals surface area contributed by atoms with Gasteiger partial charge in [0.1, 0.15) is 0 Å². The third-order valence-electron chi connectivity index (χ3n) is 2.73. The minimum atomic E-state index is 0.127. The van der Waals surface area contributed by atoms with Gasteiger partial charge in [0.25, 0.3) is 0 Å². The van der Waals surface area contributed by atoms with E-state index in [1.807, 2.05) is 0 Å². The zero-order valence-electron chi connectivity index (χ0n) is 10.6. The molecule has 0 heterocycles. The maximum atomic E-state index is 9.10. The van der Waals surface area contributed by atoms with Crippen molar-refractivity contribution < 1.29 is 9.84 Å². The fraction of sp³-hybridized carbons (Fsp3) is 0.538. The quantitative estimate of drug-likeness (QED) is 0.741. The number of methoxy groups -OCH3 is 1. The Morgan fingerprint density at radius 2 is 2.12 bits per heavy atom. The number of aliphatic hydroxyl groups excluding tert-OH is 1. The summed E-state index contributed by atoms with van der Waals surface area (Å²) in [5, 5.41) is 9.10. The van der Waals surface area contributed by atoms with Gasteiger partial charge in [-0.15, -0.1) is 0 Å². The fourth-order valence-corrected chi connectivity index (χ4v) is 1.86. The number of aliphatic hydroxyl groups is 1. The molecule has 0 spiro atoms. The molecule has 0 aromatic heterocycles. The summed E-state index contributed by atoms with van der Waals surface area (Å²) in [5.74, 6) is 0. The summed E-state index contributed by atoms with van der Waals surface area (Å²) in [6.45, 7) is 4.67. The van der Waals surface area contributed by atoms with Gasteiger partial charge in [-0.25, -0.2) is 0 Å². The largest absolute Gasteiger partial charge is 0.395 e. The van der Waals surface area contributed by atoms with Crippen LogP contribution in [-0.2, 0) is 11.3 Å². The molecular formula is C13H22N2O2. The Morgan fingerprint density at radius 3 is 2.71 bits per heavy atom. The van der Waals surface area contributed by atoms with Crippen LogP contribution in [0.25, 0.3) is 0 Å². The number of hydrogen-bond acceptors (Lipinski definition) is 4. The highest BCUT2D eigenvalue weighted by molar-refractivity contribution is 5.55. The standard InChI is InChI=1S/C13H22N2O2/c1-11-3-4-13(12(9-11)10-14)15(5-7-16)6-8-17-2/h3-4,9,16H,5-8,10,14H2,1-2H3. The number of hydrogen-bond donors (Lipinski definition) is 2. The molecular weight excluding hydrogens is 216 g/mol. The minimum Gasteiger partial charge on any atom is -0.395 e. The van der Waals surface area contributed by atoms with Gasteiger partial charge in [-0.1, -0.05) is 17.7 Å². The Bertz CT molecular complexity index is 342. The minimum absolute atomic E-state index is 0.127. The Morgan fingerprint density at radius 1 is 1.35 bits per heavy atom. The van der Waals surface area contributed by atoms with Crippen LogP contribution < -0.4 is 10.6 Å². The van der Waals surface area contributed by atoms with Gasteiger partial charge in [0, 0.05) is 32.4 Å². The van der Waals surface area contributed by atoms with Crippen LogP contribution >= 0.6 is 0 Å². The molecule has 0 aliphatic heterocycles. The van der Waals surface area contributed by atoms with E-state index in [9.17, 15) is 0 Å². The summed E-state index contributed by atoms with van der Waals surface area (Å²) < 4.78 is 5.08. The average Bonchev–Trinajstić information content (AvgIpc) is 2.34. The molecule has 0 radical (unpaired) electrons. The molecule has 0 saturated heterocycles. The molecule has 0 saturated carbocycles. The predicted octanol–water partition coefficient (Wildman–Crippen LogP) is 0.899. The van der Waals surface area contributed by atoms with E-state index in [-0.39, 0.29) is 6.61 Å². The van der Waals surface area contributed by atoms with Crippen molar-refractivity contribution in [1.82, 2.24) is 0 Å². The van der Waals surface area contributed by atoms with Crippen molar-refractivity contribution in [3.05, 3.63) is 29.3 Å². The van der Waals surface area contributed by atoms with Crippen LogP contribution in [0.4, 0.5) is 5.69 Å². The van der Waals surface area contributed by atoms with E-state index in [0.29, 0.717) is 19.7 Å². The molecule has 1 aromatic carbocycles. The Labute approximate surface area is 103 Å². The molecule has 4 heteroatoms. The highest BCUT2D eigenvalue weighted by atomic mass is 16.5. The zero-order chi connectivity index (χ0) is 12.7. The molecule has 0 bridgehead atoms. The molecule has 1 rings (SSSR count). The van der Waals surface area contributed by atoms with Gasteiger partial charge in [-0.2, -0.15) is 0 Å². The summed E-state index contributed by atoms with van der Waals surface area (Å²) in [6.07, 6.45) is 0. The average molecular weight is 238 g/mol. The lowest BCUT2D eigenvalue weighted by molar-refractivity contribution is 0.203. The summed E-state index contributed by atoms with van der Waals surface area (Å²) >= 11 is 0. The maximum absolute atomic E-state index is 9.10. The number of rotatable bonds is 7. The number of aryl methyl sites for hydroxylation is 1. The van der Waals surface area contributed by atoms with Crippen LogP contribution in [0.15, 0.2) is 18.2 Å². The predicted molar refractivity (Wildman–Crippen MR) is 70.2 cm³/mol. The number of benzene rings is 1.